The van der Waals surface area contributed by atoms with Crippen molar-refractivity contribution in [1.29, 1.82) is 0 Å². The third kappa shape index (κ3) is 3.74. The Balaban J connectivity index is 2.85. The van der Waals surface area contributed by atoms with Gasteiger partial charge in [0.1, 0.15) is 0 Å². The SMILES string of the molecule is CC(C)CC(C)N(C)c1ccc(C=O)c(Cl)c1. The molecule has 1 aromatic rings. The molecular formula is C14H20ClNO. The van der Waals surface area contributed by atoms with Crippen molar-refractivity contribution in [3.8, 4) is 0 Å². The van der Waals surface area contributed by atoms with E-state index in [2.05, 4.69) is 32.7 Å². The highest BCUT2D eigenvalue weighted by Gasteiger charge is 2.12. The lowest BCUT2D eigenvalue weighted by atomic mass is 10.0. The summed E-state index contributed by atoms with van der Waals surface area (Å²) in [4.78, 5) is 12.9. The Bertz CT molecular complexity index is 390. The summed E-state index contributed by atoms with van der Waals surface area (Å²) in [7, 11) is 2.05. The van der Waals surface area contributed by atoms with Gasteiger partial charge in [-0.15, -0.1) is 0 Å². The third-order valence-corrected chi connectivity index (χ3v) is 3.32. The molecule has 0 spiro atoms. The molecular weight excluding hydrogens is 234 g/mol. The van der Waals surface area contributed by atoms with E-state index in [-0.39, 0.29) is 0 Å². The van der Waals surface area contributed by atoms with E-state index in [9.17, 15) is 4.79 Å². The van der Waals surface area contributed by atoms with E-state index < -0.39 is 0 Å². The average Bonchev–Trinajstić information content (AvgIpc) is 2.27. The van der Waals surface area contributed by atoms with Gasteiger partial charge in [-0.2, -0.15) is 0 Å². The van der Waals surface area contributed by atoms with Crippen LogP contribution in [0.3, 0.4) is 0 Å². The van der Waals surface area contributed by atoms with Crippen molar-refractivity contribution in [2.24, 2.45) is 5.92 Å². The number of aldehydes is 1. The molecule has 17 heavy (non-hydrogen) atoms. The number of carbonyl (C=O) groups excluding carboxylic acids is 1. The van der Waals surface area contributed by atoms with Gasteiger partial charge in [0.05, 0.1) is 5.02 Å². The van der Waals surface area contributed by atoms with Gasteiger partial charge in [-0.05, 0) is 37.5 Å². The van der Waals surface area contributed by atoms with Crippen LogP contribution in [0.15, 0.2) is 18.2 Å². The zero-order valence-electron chi connectivity index (χ0n) is 10.9. The molecule has 0 fully saturated rings. The van der Waals surface area contributed by atoms with Gasteiger partial charge in [0.25, 0.3) is 0 Å². The number of carbonyl (C=O) groups is 1. The summed E-state index contributed by atoms with van der Waals surface area (Å²) < 4.78 is 0. The molecule has 0 aliphatic carbocycles. The first kappa shape index (κ1) is 14.0. The maximum atomic E-state index is 10.7. The van der Waals surface area contributed by atoms with Crippen LogP contribution in [-0.4, -0.2) is 19.4 Å². The topological polar surface area (TPSA) is 20.3 Å². The van der Waals surface area contributed by atoms with E-state index in [4.69, 9.17) is 11.6 Å². The number of anilines is 1. The summed E-state index contributed by atoms with van der Waals surface area (Å²) in [6, 6.07) is 6.01. The van der Waals surface area contributed by atoms with Gasteiger partial charge in [-0.25, -0.2) is 0 Å². The maximum Gasteiger partial charge on any atom is 0.151 e. The van der Waals surface area contributed by atoms with E-state index >= 15 is 0 Å². The van der Waals surface area contributed by atoms with Crippen LogP contribution < -0.4 is 4.90 Å². The van der Waals surface area contributed by atoms with Crippen LogP contribution in [-0.2, 0) is 0 Å². The molecule has 1 atom stereocenters. The molecule has 2 nitrogen and oxygen atoms in total. The van der Waals surface area contributed by atoms with E-state index in [0.717, 1.165) is 18.4 Å². The number of rotatable bonds is 5. The number of halogens is 1. The second-order valence-electron chi connectivity index (χ2n) is 4.91. The lowest BCUT2D eigenvalue weighted by Gasteiger charge is -2.28. The van der Waals surface area contributed by atoms with Crippen molar-refractivity contribution in [3.05, 3.63) is 28.8 Å². The molecule has 1 aromatic carbocycles. The van der Waals surface area contributed by atoms with Crippen LogP contribution in [0, 0.1) is 5.92 Å². The zero-order valence-corrected chi connectivity index (χ0v) is 11.7. The van der Waals surface area contributed by atoms with Crippen LogP contribution in [0.5, 0.6) is 0 Å². The molecule has 0 aliphatic rings. The molecule has 0 bridgehead atoms. The molecule has 94 valence electrons. The molecule has 1 unspecified atom stereocenters. The highest BCUT2D eigenvalue weighted by molar-refractivity contribution is 6.33. The van der Waals surface area contributed by atoms with E-state index in [1.165, 1.54) is 0 Å². The maximum absolute atomic E-state index is 10.7. The van der Waals surface area contributed by atoms with Gasteiger partial charge >= 0.3 is 0 Å². The Kier molecular flexibility index (Phi) is 5.01. The van der Waals surface area contributed by atoms with Crippen molar-refractivity contribution in [3.63, 3.8) is 0 Å². The summed E-state index contributed by atoms with van der Waals surface area (Å²) in [5.74, 6) is 0.664. The molecule has 0 amide bonds. The molecule has 1 rings (SSSR count). The van der Waals surface area contributed by atoms with Crippen LogP contribution in [0.1, 0.15) is 37.6 Å². The van der Waals surface area contributed by atoms with Gasteiger partial charge in [0.15, 0.2) is 6.29 Å². The lowest BCUT2D eigenvalue weighted by molar-refractivity contribution is 0.112. The van der Waals surface area contributed by atoms with E-state index in [1.807, 2.05) is 12.1 Å². The Labute approximate surface area is 109 Å². The highest BCUT2D eigenvalue weighted by atomic mass is 35.5. The molecule has 0 saturated carbocycles. The first-order valence-corrected chi connectivity index (χ1v) is 6.31. The molecule has 0 radical (unpaired) electrons. The Hall–Kier alpha value is -1.02. The van der Waals surface area contributed by atoms with Gasteiger partial charge in [0.2, 0.25) is 0 Å². The van der Waals surface area contributed by atoms with Crippen molar-refractivity contribution in [2.75, 3.05) is 11.9 Å². The molecule has 0 N–H and O–H groups in total. The van der Waals surface area contributed by atoms with Gasteiger partial charge < -0.3 is 4.90 Å². The fourth-order valence-corrected chi connectivity index (χ4v) is 2.15. The number of hydrogen-bond acceptors (Lipinski definition) is 2. The first-order valence-electron chi connectivity index (χ1n) is 5.93. The normalized spacial score (nSPS) is 12.6. The van der Waals surface area contributed by atoms with Gasteiger partial charge in [0, 0.05) is 24.3 Å². The highest BCUT2D eigenvalue weighted by Crippen LogP contribution is 2.24. The first-order chi connectivity index (χ1) is 7.95. The van der Waals surface area contributed by atoms with E-state index in [1.54, 1.807) is 6.07 Å². The zero-order chi connectivity index (χ0) is 13.0. The van der Waals surface area contributed by atoms with Crippen LogP contribution in [0.25, 0.3) is 0 Å². The molecule has 0 aromatic heterocycles. The molecule has 3 heteroatoms. The predicted molar refractivity (Wildman–Crippen MR) is 74.2 cm³/mol. The van der Waals surface area contributed by atoms with Crippen LogP contribution in [0.2, 0.25) is 5.02 Å². The summed E-state index contributed by atoms with van der Waals surface area (Å²) in [5, 5.41) is 0.515. The number of nitrogens with zero attached hydrogens (tertiary/aromatic N) is 1. The van der Waals surface area contributed by atoms with Gasteiger partial charge in [-0.3, -0.25) is 4.79 Å². The van der Waals surface area contributed by atoms with E-state index in [0.29, 0.717) is 22.5 Å². The Morgan fingerprint density at radius 2 is 2.00 bits per heavy atom. The minimum absolute atomic E-state index is 0.452. The molecule has 0 saturated heterocycles. The monoisotopic (exact) mass is 253 g/mol. The summed E-state index contributed by atoms with van der Waals surface area (Å²) >= 11 is 6.03. The standard InChI is InChI=1S/C14H20ClNO/c1-10(2)7-11(3)16(4)13-6-5-12(9-17)14(15)8-13/h5-6,8-11H,7H2,1-4H3. The van der Waals surface area contributed by atoms with Crippen molar-refractivity contribution in [2.45, 2.75) is 33.2 Å². The average molecular weight is 254 g/mol. The summed E-state index contributed by atoms with van der Waals surface area (Å²) in [6.45, 7) is 6.63. The summed E-state index contributed by atoms with van der Waals surface area (Å²) in [6.07, 6.45) is 1.91. The number of hydrogen-bond donors (Lipinski definition) is 0. The molecule has 0 aliphatic heterocycles. The lowest BCUT2D eigenvalue weighted by Crippen LogP contribution is -2.30. The summed E-state index contributed by atoms with van der Waals surface area (Å²) in [5.41, 5.74) is 1.59. The Morgan fingerprint density at radius 3 is 2.47 bits per heavy atom. The van der Waals surface area contributed by atoms with Crippen LogP contribution in [0.4, 0.5) is 5.69 Å². The van der Waals surface area contributed by atoms with Crippen LogP contribution >= 0.6 is 11.6 Å². The van der Waals surface area contributed by atoms with Crippen molar-refractivity contribution in [1.82, 2.24) is 0 Å². The minimum Gasteiger partial charge on any atom is -0.372 e. The van der Waals surface area contributed by atoms with Crippen molar-refractivity contribution < 1.29 is 4.79 Å². The molecule has 0 heterocycles. The fraction of sp³-hybridized carbons (Fsp3) is 0.500. The quantitative estimate of drug-likeness (QED) is 0.739. The van der Waals surface area contributed by atoms with Gasteiger partial charge in [-0.1, -0.05) is 25.4 Å². The number of benzene rings is 1. The second kappa shape index (κ2) is 6.06. The fourth-order valence-electron chi connectivity index (χ4n) is 1.93. The largest absolute Gasteiger partial charge is 0.372 e. The third-order valence-electron chi connectivity index (χ3n) is 2.99. The minimum atomic E-state index is 0.452. The van der Waals surface area contributed by atoms with Crippen molar-refractivity contribution >= 4 is 23.6 Å². The second-order valence-corrected chi connectivity index (χ2v) is 5.32. The smallest absolute Gasteiger partial charge is 0.151 e. The Morgan fingerprint density at radius 1 is 1.35 bits per heavy atom. The predicted octanol–water partition coefficient (Wildman–Crippen LogP) is 4.02.